The van der Waals surface area contributed by atoms with Crippen LogP contribution in [0.3, 0.4) is 0 Å². The molecule has 0 bridgehead atoms. The molecule has 4 aromatic rings. The molecular formula is C36H30O11. The van der Waals surface area contributed by atoms with Crippen molar-refractivity contribution in [2.75, 3.05) is 19.8 Å². The highest BCUT2D eigenvalue weighted by molar-refractivity contribution is 5.91. The van der Waals surface area contributed by atoms with Crippen LogP contribution < -0.4 is 0 Å². The average Bonchev–Trinajstić information content (AvgIpc) is 3.40. The van der Waals surface area contributed by atoms with Gasteiger partial charge in [-0.2, -0.15) is 0 Å². The molecule has 0 saturated carbocycles. The van der Waals surface area contributed by atoms with E-state index in [2.05, 4.69) is 0 Å². The van der Waals surface area contributed by atoms with Crippen LogP contribution in [-0.2, 0) is 33.2 Å². The third-order valence-corrected chi connectivity index (χ3v) is 7.51. The topological polar surface area (TPSA) is 133 Å². The maximum Gasteiger partial charge on any atom is 0.340 e. The molecular weight excluding hydrogens is 608 g/mol. The number of rotatable bonds is 9. The second-order valence-electron chi connectivity index (χ2n) is 10.6. The molecule has 2 saturated heterocycles. The van der Waals surface area contributed by atoms with Gasteiger partial charge in [-0.1, -0.05) is 72.8 Å². The van der Waals surface area contributed by atoms with Gasteiger partial charge in [0.1, 0.15) is 12.7 Å². The Kier molecular flexibility index (Phi) is 9.67. The van der Waals surface area contributed by atoms with Crippen LogP contribution in [0.15, 0.2) is 121 Å². The Morgan fingerprint density at radius 1 is 0.574 bits per heavy atom. The van der Waals surface area contributed by atoms with Crippen LogP contribution in [0.2, 0.25) is 0 Å². The predicted octanol–water partition coefficient (Wildman–Crippen LogP) is 4.62. The molecule has 240 valence electrons. The first kappa shape index (κ1) is 31.6. The maximum atomic E-state index is 13.5. The fourth-order valence-electron chi connectivity index (χ4n) is 5.25. The van der Waals surface area contributed by atoms with Crippen LogP contribution in [0, 0.1) is 0 Å². The summed E-state index contributed by atoms with van der Waals surface area (Å²) >= 11 is 0. The van der Waals surface area contributed by atoms with Gasteiger partial charge in [0.05, 0.1) is 35.5 Å². The maximum absolute atomic E-state index is 13.5. The van der Waals surface area contributed by atoms with E-state index in [0.29, 0.717) is 0 Å². The minimum absolute atomic E-state index is 0.000667. The van der Waals surface area contributed by atoms with E-state index in [-0.39, 0.29) is 35.5 Å². The van der Waals surface area contributed by atoms with Gasteiger partial charge in [0.15, 0.2) is 6.10 Å². The molecule has 5 atom stereocenters. The molecule has 6 rings (SSSR count). The molecule has 0 N–H and O–H groups in total. The predicted molar refractivity (Wildman–Crippen MR) is 163 cm³/mol. The molecule has 4 aromatic carbocycles. The van der Waals surface area contributed by atoms with Gasteiger partial charge in [0.2, 0.25) is 6.10 Å². The molecule has 0 amide bonds. The number of esters is 4. The summed E-state index contributed by atoms with van der Waals surface area (Å²) in [7, 11) is 0. The molecule has 11 nitrogen and oxygen atoms in total. The van der Waals surface area contributed by atoms with Crippen molar-refractivity contribution >= 4 is 23.9 Å². The summed E-state index contributed by atoms with van der Waals surface area (Å²) in [6.07, 6.45) is -5.83. The zero-order chi connectivity index (χ0) is 32.6. The Balaban J connectivity index is 1.37. The first-order chi connectivity index (χ1) is 22.9. The van der Waals surface area contributed by atoms with E-state index in [1.165, 1.54) is 0 Å². The minimum Gasteiger partial charge on any atom is -0.459 e. The summed E-state index contributed by atoms with van der Waals surface area (Å²) in [5, 5.41) is 0. The Morgan fingerprint density at radius 3 is 1.53 bits per heavy atom. The Bertz CT molecular complexity index is 1680. The van der Waals surface area contributed by atoms with Gasteiger partial charge in [0.25, 0.3) is 12.1 Å². The zero-order valence-electron chi connectivity index (χ0n) is 25.0. The summed E-state index contributed by atoms with van der Waals surface area (Å²) in [6.45, 7) is -0.516. The number of carbonyl (C=O) groups excluding carboxylic acids is 4. The van der Waals surface area contributed by atoms with Crippen molar-refractivity contribution < 1.29 is 52.3 Å². The highest BCUT2D eigenvalue weighted by Gasteiger charge is 2.67. The van der Waals surface area contributed by atoms with Crippen molar-refractivity contribution in [1.29, 1.82) is 0 Å². The summed E-state index contributed by atoms with van der Waals surface area (Å²) in [5.74, 6) is -5.14. The van der Waals surface area contributed by atoms with Gasteiger partial charge in [-0.25, -0.2) is 19.2 Å². The van der Waals surface area contributed by atoms with Crippen molar-refractivity contribution in [1.82, 2.24) is 0 Å². The molecule has 47 heavy (non-hydrogen) atoms. The van der Waals surface area contributed by atoms with E-state index in [1.807, 2.05) is 0 Å². The van der Waals surface area contributed by atoms with Crippen molar-refractivity contribution in [2.24, 2.45) is 0 Å². The molecule has 0 radical (unpaired) electrons. The van der Waals surface area contributed by atoms with Crippen LogP contribution in [0.25, 0.3) is 0 Å². The lowest BCUT2D eigenvalue weighted by atomic mass is 10.0. The number of hydrogen-bond acceptors (Lipinski definition) is 11. The quantitative estimate of drug-likeness (QED) is 0.188. The molecule has 2 fully saturated rings. The van der Waals surface area contributed by atoms with Crippen molar-refractivity contribution in [3.63, 3.8) is 0 Å². The van der Waals surface area contributed by atoms with Crippen molar-refractivity contribution in [3.8, 4) is 0 Å². The number of carbonyl (C=O) groups is 4. The first-order valence-corrected chi connectivity index (χ1v) is 14.9. The lowest BCUT2D eigenvalue weighted by Gasteiger charge is -2.41. The summed E-state index contributed by atoms with van der Waals surface area (Å²) in [5.41, 5.74) is 0.879. The van der Waals surface area contributed by atoms with Gasteiger partial charge in [-0.3, -0.25) is 0 Å². The van der Waals surface area contributed by atoms with Crippen LogP contribution in [0.5, 0.6) is 0 Å². The standard InChI is InChI=1S/C36H30O11/c37-31(24-13-5-1-6-14-24)42-23-28-29(44-32(38)25-15-7-2-8-16-25)30(45-33(39)26-17-9-3-10-18-26)36(47-28)35(41-21-22-43-36)46-34(40)27-19-11-4-12-20-27/h1-20,28-30,35H,21-23H2/t28-,29-,30+,35+,36+/m1/s1. The Morgan fingerprint density at radius 2 is 1.02 bits per heavy atom. The highest BCUT2D eigenvalue weighted by Crippen LogP contribution is 2.43. The molecule has 2 aliphatic rings. The smallest absolute Gasteiger partial charge is 0.340 e. The van der Waals surface area contributed by atoms with Crippen LogP contribution >= 0.6 is 0 Å². The van der Waals surface area contributed by atoms with Gasteiger partial charge >= 0.3 is 23.9 Å². The number of hydrogen-bond donors (Lipinski definition) is 0. The van der Waals surface area contributed by atoms with Gasteiger partial charge in [-0.05, 0) is 48.5 Å². The molecule has 11 heteroatoms. The van der Waals surface area contributed by atoms with E-state index >= 15 is 0 Å². The number of benzene rings is 4. The number of ether oxygens (including phenoxy) is 7. The molecule has 0 unspecified atom stereocenters. The molecule has 0 aromatic heterocycles. The van der Waals surface area contributed by atoms with Gasteiger partial charge < -0.3 is 33.2 Å². The SMILES string of the molecule is O=C(OC[C@H]1O[C@@]2(OCCO[C@H]2OC(=O)c2ccccc2)[C@@H](OC(=O)c2ccccc2)[C@@H]1OC(=O)c1ccccc1)c1ccccc1. The van der Waals surface area contributed by atoms with E-state index in [9.17, 15) is 19.2 Å². The van der Waals surface area contributed by atoms with Crippen LogP contribution in [0.1, 0.15) is 41.4 Å². The fraction of sp³-hybridized carbons (Fsp3) is 0.222. The zero-order valence-corrected chi connectivity index (χ0v) is 25.0. The molecule has 2 aliphatic heterocycles. The fourth-order valence-corrected chi connectivity index (χ4v) is 5.25. The van der Waals surface area contributed by atoms with Crippen molar-refractivity contribution in [2.45, 2.75) is 30.4 Å². The van der Waals surface area contributed by atoms with Gasteiger partial charge in [0, 0.05) is 0 Å². The second-order valence-corrected chi connectivity index (χ2v) is 10.6. The minimum atomic E-state index is -2.13. The lowest BCUT2D eigenvalue weighted by molar-refractivity contribution is -0.382. The van der Waals surface area contributed by atoms with Crippen molar-refractivity contribution in [3.05, 3.63) is 144 Å². The molecule has 1 spiro atoms. The third kappa shape index (κ3) is 7.07. The van der Waals surface area contributed by atoms with Gasteiger partial charge in [-0.15, -0.1) is 0 Å². The lowest BCUT2D eigenvalue weighted by Crippen LogP contribution is -2.61. The van der Waals surface area contributed by atoms with E-state index < -0.39 is 60.9 Å². The normalized spacial score (nSPS) is 23.4. The first-order valence-electron chi connectivity index (χ1n) is 14.9. The second kappa shape index (κ2) is 14.4. The third-order valence-electron chi connectivity index (χ3n) is 7.51. The summed E-state index contributed by atoms with van der Waals surface area (Å²) in [6, 6.07) is 32.7. The Labute approximate surface area is 269 Å². The molecule has 0 aliphatic carbocycles. The molecule has 2 heterocycles. The average molecular weight is 639 g/mol. The van der Waals surface area contributed by atoms with E-state index in [1.54, 1.807) is 121 Å². The van der Waals surface area contributed by atoms with Crippen LogP contribution in [-0.4, -0.2) is 74.1 Å². The monoisotopic (exact) mass is 638 g/mol. The largest absolute Gasteiger partial charge is 0.459 e. The van der Waals surface area contributed by atoms with E-state index in [0.717, 1.165) is 0 Å². The summed E-state index contributed by atoms with van der Waals surface area (Å²) in [4.78, 5) is 53.1. The highest BCUT2D eigenvalue weighted by atomic mass is 16.8. The van der Waals surface area contributed by atoms with E-state index in [4.69, 9.17) is 33.2 Å². The van der Waals surface area contributed by atoms with Crippen LogP contribution in [0.4, 0.5) is 0 Å². The summed E-state index contributed by atoms with van der Waals surface area (Å²) < 4.78 is 41.7. The Hall–Kier alpha value is -5.36.